The number of hydrogen-bond acceptors (Lipinski definition) is 7. The number of rotatable bonds is 4. The lowest BCUT2D eigenvalue weighted by atomic mass is 9.93. The molecule has 126 valence electrons. The molecule has 0 radical (unpaired) electrons. The van der Waals surface area contributed by atoms with Gasteiger partial charge in [-0.3, -0.25) is 4.90 Å². The molecule has 8 nitrogen and oxygen atoms in total. The van der Waals surface area contributed by atoms with Gasteiger partial charge in [0.2, 0.25) is 5.89 Å². The first-order chi connectivity index (χ1) is 10.8. The third-order valence-corrected chi connectivity index (χ3v) is 4.04. The van der Waals surface area contributed by atoms with Crippen molar-refractivity contribution in [2.45, 2.75) is 57.7 Å². The minimum atomic E-state index is -0.803. The van der Waals surface area contributed by atoms with Gasteiger partial charge in [-0.2, -0.15) is 4.98 Å². The molecular weight excluding hydrogens is 296 g/mol. The van der Waals surface area contributed by atoms with Crippen LogP contribution in [0.1, 0.15) is 45.3 Å². The Hall–Kier alpha value is -1.80. The van der Waals surface area contributed by atoms with E-state index in [0.717, 1.165) is 19.4 Å². The average molecular weight is 320 g/mol. The van der Waals surface area contributed by atoms with Crippen LogP contribution in [-0.2, 0) is 18.5 Å². The van der Waals surface area contributed by atoms with Crippen LogP contribution >= 0.6 is 0 Å². The van der Waals surface area contributed by atoms with Crippen LogP contribution in [0, 0.1) is 0 Å². The number of hydrogen-bond donors (Lipinski definition) is 1. The monoisotopic (exact) mass is 320 g/mol. The predicted molar refractivity (Wildman–Crippen MR) is 82.5 cm³/mol. The molecule has 1 atom stereocenters. The molecule has 0 aliphatic carbocycles. The van der Waals surface area contributed by atoms with Gasteiger partial charge in [-0.25, -0.2) is 4.68 Å². The van der Waals surface area contributed by atoms with E-state index >= 15 is 0 Å². The van der Waals surface area contributed by atoms with Crippen molar-refractivity contribution in [2.75, 3.05) is 13.1 Å². The van der Waals surface area contributed by atoms with Gasteiger partial charge in [0.05, 0.1) is 24.9 Å². The second-order valence-corrected chi connectivity index (χ2v) is 7.40. The van der Waals surface area contributed by atoms with E-state index in [1.165, 1.54) is 0 Å². The fourth-order valence-corrected chi connectivity index (χ4v) is 2.91. The summed E-state index contributed by atoms with van der Waals surface area (Å²) >= 11 is 0. The van der Waals surface area contributed by atoms with Crippen molar-refractivity contribution in [2.24, 2.45) is 0 Å². The number of aromatic nitrogens is 5. The Morgan fingerprint density at radius 3 is 2.87 bits per heavy atom. The Bertz CT molecular complexity index is 633. The molecular formula is C15H24N6O2. The van der Waals surface area contributed by atoms with Crippen LogP contribution in [0.2, 0.25) is 0 Å². The van der Waals surface area contributed by atoms with E-state index in [0.29, 0.717) is 31.3 Å². The van der Waals surface area contributed by atoms with Crippen molar-refractivity contribution in [3.8, 4) is 0 Å². The van der Waals surface area contributed by atoms with Gasteiger partial charge in [0.15, 0.2) is 5.82 Å². The molecule has 23 heavy (non-hydrogen) atoms. The predicted octanol–water partition coefficient (Wildman–Crippen LogP) is 0.986. The van der Waals surface area contributed by atoms with Crippen molar-refractivity contribution in [3.63, 3.8) is 0 Å². The summed E-state index contributed by atoms with van der Waals surface area (Å²) in [5.74, 6) is 1.31. The van der Waals surface area contributed by atoms with Crippen molar-refractivity contribution >= 4 is 0 Å². The average Bonchev–Trinajstić information content (AvgIpc) is 3.09. The fraction of sp³-hybridized carbons (Fsp3) is 0.733. The first-order valence-electron chi connectivity index (χ1n) is 7.96. The van der Waals surface area contributed by atoms with Gasteiger partial charge in [-0.05, 0) is 19.4 Å². The van der Waals surface area contributed by atoms with Gasteiger partial charge in [-0.15, -0.1) is 5.10 Å². The molecule has 0 saturated carbocycles. The summed E-state index contributed by atoms with van der Waals surface area (Å²) in [5.41, 5.74) is -0.955. The van der Waals surface area contributed by atoms with Crippen molar-refractivity contribution in [1.82, 2.24) is 30.0 Å². The van der Waals surface area contributed by atoms with Crippen LogP contribution < -0.4 is 0 Å². The Labute approximate surface area is 135 Å². The zero-order valence-corrected chi connectivity index (χ0v) is 13.9. The zero-order chi connectivity index (χ0) is 16.5. The lowest BCUT2D eigenvalue weighted by molar-refractivity contribution is -0.0485. The minimum Gasteiger partial charge on any atom is -0.387 e. The molecule has 8 heteroatoms. The molecule has 0 aromatic carbocycles. The van der Waals surface area contributed by atoms with E-state index in [4.69, 9.17) is 4.52 Å². The van der Waals surface area contributed by atoms with Gasteiger partial charge in [-0.1, -0.05) is 31.1 Å². The first-order valence-corrected chi connectivity index (χ1v) is 7.96. The lowest BCUT2D eigenvalue weighted by Gasteiger charge is -2.38. The topological polar surface area (TPSA) is 93.1 Å². The van der Waals surface area contributed by atoms with E-state index < -0.39 is 5.60 Å². The molecule has 2 aromatic heterocycles. The number of likely N-dealkylation sites (tertiary alicyclic amines) is 1. The van der Waals surface area contributed by atoms with Gasteiger partial charge < -0.3 is 9.63 Å². The molecule has 1 aliphatic heterocycles. The molecule has 0 bridgehead atoms. The van der Waals surface area contributed by atoms with Crippen LogP contribution in [0.4, 0.5) is 0 Å². The highest BCUT2D eigenvalue weighted by atomic mass is 16.5. The third-order valence-electron chi connectivity index (χ3n) is 4.04. The second kappa shape index (κ2) is 6.01. The fourth-order valence-electron chi connectivity index (χ4n) is 2.91. The van der Waals surface area contributed by atoms with Crippen LogP contribution in [0.5, 0.6) is 0 Å². The van der Waals surface area contributed by atoms with E-state index in [1.54, 1.807) is 17.1 Å². The van der Waals surface area contributed by atoms with Crippen LogP contribution in [0.3, 0.4) is 0 Å². The maximum absolute atomic E-state index is 10.8. The third kappa shape index (κ3) is 3.94. The number of aliphatic hydroxyl groups is 1. The van der Waals surface area contributed by atoms with Gasteiger partial charge >= 0.3 is 0 Å². The van der Waals surface area contributed by atoms with E-state index in [2.05, 4.69) is 25.4 Å². The Morgan fingerprint density at radius 2 is 2.22 bits per heavy atom. The Kier molecular flexibility index (Phi) is 4.20. The maximum atomic E-state index is 10.8. The molecule has 3 heterocycles. The maximum Gasteiger partial charge on any atom is 0.232 e. The molecule has 2 aromatic rings. The van der Waals surface area contributed by atoms with Crippen LogP contribution in [0.25, 0.3) is 0 Å². The molecule has 1 fully saturated rings. The molecule has 0 spiro atoms. The van der Waals surface area contributed by atoms with Crippen LogP contribution in [-0.4, -0.2) is 53.8 Å². The van der Waals surface area contributed by atoms with Crippen molar-refractivity contribution < 1.29 is 9.63 Å². The summed E-state index contributed by atoms with van der Waals surface area (Å²) in [6.45, 7) is 8.64. The first kappa shape index (κ1) is 16.1. The summed E-state index contributed by atoms with van der Waals surface area (Å²) in [7, 11) is 0. The molecule has 0 amide bonds. The molecule has 1 aliphatic rings. The van der Waals surface area contributed by atoms with Gasteiger partial charge in [0.1, 0.15) is 0 Å². The summed E-state index contributed by atoms with van der Waals surface area (Å²) in [4.78, 5) is 6.63. The second-order valence-electron chi connectivity index (χ2n) is 7.40. The normalized spacial score (nSPS) is 23.3. The molecule has 1 unspecified atom stereocenters. The standard InChI is InChI=1S/C15H24N6O2/c1-14(2,3)13-17-12(18-23-13)9-20-7-4-5-15(22,10-20)11-21-8-6-16-19-21/h6,8,22H,4-5,7,9-11H2,1-3H3. The SMILES string of the molecule is CC(C)(C)c1nc(CN2CCCC(O)(Cn3ccnn3)C2)no1. The smallest absolute Gasteiger partial charge is 0.232 e. The van der Waals surface area contributed by atoms with Crippen molar-refractivity contribution in [3.05, 3.63) is 24.1 Å². The highest BCUT2D eigenvalue weighted by Gasteiger charge is 2.34. The van der Waals surface area contributed by atoms with E-state index in [1.807, 2.05) is 20.8 Å². The summed E-state index contributed by atoms with van der Waals surface area (Å²) in [6, 6.07) is 0. The summed E-state index contributed by atoms with van der Waals surface area (Å²) < 4.78 is 7.01. The summed E-state index contributed by atoms with van der Waals surface area (Å²) in [6.07, 6.45) is 5.07. The number of β-amino-alcohol motifs (C(OH)–C–C–N with tert-alkyl or cyclic N) is 1. The number of piperidine rings is 1. The van der Waals surface area contributed by atoms with Gasteiger partial charge in [0, 0.05) is 18.2 Å². The lowest BCUT2D eigenvalue weighted by Crippen LogP contribution is -2.50. The Morgan fingerprint density at radius 1 is 1.39 bits per heavy atom. The Balaban J connectivity index is 1.63. The van der Waals surface area contributed by atoms with Crippen LogP contribution in [0.15, 0.2) is 16.9 Å². The molecule has 3 rings (SSSR count). The van der Waals surface area contributed by atoms with E-state index in [9.17, 15) is 5.11 Å². The highest BCUT2D eigenvalue weighted by molar-refractivity contribution is 4.99. The molecule has 1 saturated heterocycles. The molecule has 1 N–H and O–H groups in total. The zero-order valence-electron chi connectivity index (χ0n) is 13.9. The van der Waals surface area contributed by atoms with E-state index in [-0.39, 0.29) is 5.41 Å². The van der Waals surface area contributed by atoms with Crippen molar-refractivity contribution in [1.29, 1.82) is 0 Å². The quantitative estimate of drug-likeness (QED) is 0.897. The highest BCUT2D eigenvalue weighted by Crippen LogP contribution is 2.25. The largest absolute Gasteiger partial charge is 0.387 e. The number of nitrogens with zero attached hydrogens (tertiary/aromatic N) is 6. The summed E-state index contributed by atoms with van der Waals surface area (Å²) in [5, 5.41) is 22.6. The minimum absolute atomic E-state index is 0.152. The van der Waals surface area contributed by atoms with Gasteiger partial charge in [0.25, 0.3) is 0 Å².